The maximum Gasteiger partial charge on any atom is 0.259 e. The standard InChI is InChI=1S/C19H20Cl2N4O4S/c1-11(13-4-6-14(7-5-13)23-12(2)26)24-25-17(27)10-22-16-9-8-15(20)18(21)19(16)30(3,28)29/h4-9,22H,10H2,1-3H3,(H,23,26)(H,25,27)/b24-11-. The van der Waals surface area contributed by atoms with Crippen LogP contribution in [0, 0.1) is 0 Å². The summed E-state index contributed by atoms with van der Waals surface area (Å²) in [5.74, 6) is -0.663. The summed E-state index contributed by atoms with van der Waals surface area (Å²) in [4.78, 5) is 23.0. The van der Waals surface area contributed by atoms with Gasteiger partial charge in [-0.05, 0) is 36.8 Å². The predicted octanol–water partition coefficient (Wildman–Crippen LogP) is 3.31. The fourth-order valence-electron chi connectivity index (χ4n) is 2.46. The summed E-state index contributed by atoms with van der Waals surface area (Å²) in [5.41, 5.74) is 4.50. The molecule has 160 valence electrons. The Kier molecular flexibility index (Phi) is 7.83. The second-order valence-corrected chi connectivity index (χ2v) is 9.09. The van der Waals surface area contributed by atoms with Gasteiger partial charge in [-0.15, -0.1) is 0 Å². The van der Waals surface area contributed by atoms with Gasteiger partial charge in [0.05, 0.1) is 28.0 Å². The maximum atomic E-state index is 12.1. The van der Waals surface area contributed by atoms with E-state index in [-0.39, 0.29) is 33.1 Å². The zero-order valence-electron chi connectivity index (χ0n) is 16.4. The number of halogens is 2. The van der Waals surface area contributed by atoms with Crippen molar-refractivity contribution in [1.82, 2.24) is 5.43 Å². The Morgan fingerprint density at radius 2 is 1.67 bits per heavy atom. The van der Waals surface area contributed by atoms with Crippen molar-refractivity contribution in [2.75, 3.05) is 23.4 Å². The highest BCUT2D eigenvalue weighted by atomic mass is 35.5. The van der Waals surface area contributed by atoms with Gasteiger partial charge >= 0.3 is 0 Å². The summed E-state index contributed by atoms with van der Waals surface area (Å²) in [5, 5.41) is 9.40. The Balaban J connectivity index is 2.03. The van der Waals surface area contributed by atoms with Crippen LogP contribution in [-0.2, 0) is 19.4 Å². The van der Waals surface area contributed by atoms with Crippen molar-refractivity contribution in [3.63, 3.8) is 0 Å². The van der Waals surface area contributed by atoms with Crippen LogP contribution < -0.4 is 16.1 Å². The molecule has 3 N–H and O–H groups in total. The average molecular weight is 471 g/mol. The summed E-state index contributed by atoms with van der Waals surface area (Å²) in [7, 11) is -3.67. The van der Waals surface area contributed by atoms with E-state index in [2.05, 4.69) is 21.2 Å². The lowest BCUT2D eigenvalue weighted by Gasteiger charge is -2.13. The van der Waals surface area contributed by atoms with E-state index in [0.29, 0.717) is 11.4 Å². The van der Waals surface area contributed by atoms with Gasteiger partial charge in [0.25, 0.3) is 5.91 Å². The zero-order valence-corrected chi connectivity index (χ0v) is 18.7. The fraction of sp³-hybridized carbons (Fsp3) is 0.211. The molecule has 0 spiro atoms. The third kappa shape index (κ3) is 6.45. The van der Waals surface area contributed by atoms with E-state index in [4.69, 9.17) is 23.2 Å². The number of nitrogens with one attached hydrogen (secondary N) is 3. The fourth-order valence-corrected chi connectivity index (χ4v) is 4.23. The van der Waals surface area contributed by atoms with Gasteiger partial charge in [0.15, 0.2) is 9.84 Å². The van der Waals surface area contributed by atoms with Gasteiger partial charge in [-0.3, -0.25) is 9.59 Å². The van der Waals surface area contributed by atoms with Crippen molar-refractivity contribution < 1.29 is 18.0 Å². The Morgan fingerprint density at radius 3 is 2.23 bits per heavy atom. The van der Waals surface area contributed by atoms with Crippen LogP contribution in [0.15, 0.2) is 46.4 Å². The van der Waals surface area contributed by atoms with Crippen LogP contribution in [0.1, 0.15) is 19.4 Å². The molecule has 11 heteroatoms. The molecule has 2 rings (SSSR count). The third-order valence-corrected chi connectivity index (χ3v) is 5.91. The highest BCUT2D eigenvalue weighted by Gasteiger charge is 2.20. The normalized spacial score (nSPS) is 11.7. The number of anilines is 2. The maximum absolute atomic E-state index is 12.1. The molecule has 0 heterocycles. The summed E-state index contributed by atoms with van der Waals surface area (Å²) < 4.78 is 24.0. The van der Waals surface area contributed by atoms with Crippen molar-refractivity contribution >= 4 is 61.9 Å². The lowest BCUT2D eigenvalue weighted by atomic mass is 10.1. The van der Waals surface area contributed by atoms with Crippen molar-refractivity contribution in [1.29, 1.82) is 0 Å². The summed E-state index contributed by atoms with van der Waals surface area (Å²) in [6.07, 6.45) is 1.00. The van der Waals surface area contributed by atoms with E-state index >= 15 is 0 Å². The van der Waals surface area contributed by atoms with E-state index in [9.17, 15) is 18.0 Å². The van der Waals surface area contributed by atoms with Crippen LogP contribution in [0.4, 0.5) is 11.4 Å². The average Bonchev–Trinajstić information content (AvgIpc) is 2.66. The van der Waals surface area contributed by atoms with Crippen LogP contribution in [0.25, 0.3) is 0 Å². The molecule has 2 aromatic carbocycles. The van der Waals surface area contributed by atoms with Gasteiger partial charge in [0.1, 0.15) is 4.90 Å². The van der Waals surface area contributed by atoms with Crippen molar-refractivity contribution in [2.45, 2.75) is 18.7 Å². The smallest absolute Gasteiger partial charge is 0.259 e. The lowest BCUT2D eigenvalue weighted by molar-refractivity contribution is -0.119. The molecule has 0 bridgehead atoms. The molecule has 0 atom stereocenters. The minimum absolute atomic E-state index is 0.0943. The summed E-state index contributed by atoms with van der Waals surface area (Å²) in [6, 6.07) is 9.81. The first-order chi connectivity index (χ1) is 14.0. The second kappa shape index (κ2) is 9.92. The van der Waals surface area contributed by atoms with Gasteiger partial charge in [0, 0.05) is 18.9 Å². The number of nitrogens with zero attached hydrogens (tertiary/aromatic N) is 1. The minimum Gasteiger partial charge on any atom is -0.375 e. The van der Waals surface area contributed by atoms with Crippen molar-refractivity contribution in [2.24, 2.45) is 5.10 Å². The highest BCUT2D eigenvalue weighted by molar-refractivity contribution is 7.91. The predicted molar refractivity (Wildman–Crippen MR) is 119 cm³/mol. The van der Waals surface area contributed by atoms with Crippen LogP contribution in [0.5, 0.6) is 0 Å². The van der Waals surface area contributed by atoms with Gasteiger partial charge in [-0.1, -0.05) is 35.3 Å². The van der Waals surface area contributed by atoms with E-state index in [1.807, 2.05) is 0 Å². The number of amides is 2. The number of benzene rings is 2. The molecule has 0 fully saturated rings. The topological polar surface area (TPSA) is 117 Å². The van der Waals surface area contributed by atoms with Gasteiger partial charge < -0.3 is 10.6 Å². The molecule has 0 aliphatic heterocycles. The largest absolute Gasteiger partial charge is 0.375 e. The first kappa shape index (κ1) is 23.7. The second-order valence-electron chi connectivity index (χ2n) is 6.35. The number of carbonyl (C=O) groups is 2. The molecule has 0 saturated carbocycles. The molecule has 30 heavy (non-hydrogen) atoms. The molecule has 2 amide bonds. The molecule has 0 aliphatic rings. The van der Waals surface area contributed by atoms with Crippen LogP contribution in [-0.4, -0.2) is 38.7 Å². The van der Waals surface area contributed by atoms with Crippen LogP contribution >= 0.6 is 23.2 Å². The molecule has 0 aromatic heterocycles. The zero-order chi connectivity index (χ0) is 22.5. The minimum atomic E-state index is -3.67. The number of rotatable bonds is 7. The van der Waals surface area contributed by atoms with Crippen molar-refractivity contribution in [3.05, 3.63) is 52.0 Å². The van der Waals surface area contributed by atoms with Gasteiger partial charge in [-0.2, -0.15) is 5.10 Å². The molecular weight excluding hydrogens is 451 g/mol. The molecule has 8 nitrogen and oxygen atoms in total. The van der Waals surface area contributed by atoms with E-state index in [1.165, 1.54) is 19.1 Å². The number of hydrogen-bond acceptors (Lipinski definition) is 6. The molecule has 2 aromatic rings. The first-order valence-electron chi connectivity index (χ1n) is 8.62. The molecule has 0 saturated heterocycles. The summed E-state index contributed by atoms with van der Waals surface area (Å²) >= 11 is 11.9. The quantitative estimate of drug-likeness (QED) is 0.423. The molecular formula is C19H20Cl2N4O4S. The molecule has 0 aliphatic carbocycles. The molecule has 0 unspecified atom stereocenters. The first-order valence-corrected chi connectivity index (χ1v) is 11.3. The number of hydrogen-bond donors (Lipinski definition) is 3. The number of hydrazone groups is 1. The SMILES string of the molecule is CC(=O)Nc1ccc(/C(C)=N\NC(=O)CNc2ccc(Cl)c(Cl)c2S(C)(=O)=O)cc1. The van der Waals surface area contributed by atoms with Crippen LogP contribution in [0.2, 0.25) is 10.0 Å². The Morgan fingerprint density at radius 1 is 1.03 bits per heavy atom. The van der Waals surface area contributed by atoms with Crippen molar-refractivity contribution in [3.8, 4) is 0 Å². The Bertz CT molecular complexity index is 1100. The number of carbonyl (C=O) groups excluding carboxylic acids is 2. The van der Waals surface area contributed by atoms with E-state index in [1.54, 1.807) is 31.2 Å². The third-order valence-electron chi connectivity index (χ3n) is 3.83. The monoisotopic (exact) mass is 470 g/mol. The van der Waals surface area contributed by atoms with Crippen LogP contribution in [0.3, 0.4) is 0 Å². The van der Waals surface area contributed by atoms with E-state index in [0.717, 1.165) is 11.8 Å². The Hall–Kier alpha value is -2.62. The molecule has 0 radical (unpaired) electrons. The van der Waals surface area contributed by atoms with Gasteiger partial charge in [-0.25, -0.2) is 13.8 Å². The number of sulfone groups is 1. The highest BCUT2D eigenvalue weighted by Crippen LogP contribution is 2.35. The lowest BCUT2D eigenvalue weighted by Crippen LogP contribution is -2.27. The van der Waals surface area contributed by atoms with Gasteiger partial charge in [0.2, 0.25) is 5.91 Å². The Labute approximate surface area is 184 Å². The summed E-state index contributed by atoms with van der Waals surface area (Å²) in [6.45, 7) is 2.89. The van der Waals surface area contributed by atoms with E-state index < -0.39 is 15.7 Å².